The molecule has 0 bridgehead atoms. The van der Waals surface area contributed by atoms with Crippen LogP contribution < -0.4 is 5.32 Å². The van der Waals surface area contributed by atoms with E-state index in [1.807, 2.05) is 54.6 Å². The van der Waals surface area contributed by atoms with Crippen LogP contribution in [0.1, 0.15) is 23.2 Å². The Balaban J connectivity index is 1.71. The van der Waals surface area contributed by atoms with Crippen molar-refractivity contribution in [2.75, 3.05) is 7.11 Å². The maximum atomic E-state index is 12.3. The van der Waals surface area contributed by atoms with Crippen molar-refractivity contribution < 1.29 is 9.53 Å². The van der Waals surface area contributed by atoms with Gasteiger partial charge in [0.25, 0.3) is 5.91 Å². The van der Waals surface area contributed by atoms with E-state index in [-0.39, 0.29) is 5.91 Å². The molecule has 2 aromatic rings. The first kappa shape index (κ1) is 15.1. The second-order valence-electron chi connectivity index (χ2n) is 5.42. The molecule has 0 unspecified atom stereocenters. The van der Waals surface area contributed by atoms with E-state index in [2.05, 4.69) is 17.4 Å². The lowest BCUT2D eigenvalue weighted by molar-refractivity contribution is 0.0964. The van der Waals surface area contributed by atoms with Gasteiger partial charge >= 0.3 is 0 Å². The summed E-state index contributed by atoms with van der Waals surface area (Å²) in [5.41, 5.74) is 3.79. The van der Waals surface area contributed by atoms with E-state index in [4.69, 9.17) is 4.74 Å². The van der Waals surface area contributed by atoms with Crippen LogP contribution in [0.4, 0.5) is 0 Å². The van der Waals surface area contributed by atoms with E-state index in [0.29, 0.717) is 5.56 Å². The summed E-state index contributed by atoms with van der Waals surface area (Å²) in [6, 6.07) is 17.8. The Labute approximate surface area is 136 Å². The summed E-state index contributed by atoms with van der Waals surface area (Å²) in [5, 5.41) is 2.96. The highest BCUT2D eigenvalue weighted by Crippen LogP contribution is 2.20. The summed E-state index contributed by atoms with van der Waals surface area (Å²) in [5.74, 6) is 0.708. The Morgan fingerprint density at radius 3 is 2.39 bits per heavy atom. The molecule has 0 saturated heterocycles. The number of rotatable bonds is 4. The van der Waals surface area contributed by atoms with Gasteiger partial charge in [0, 0.05) is 11.3 Å². The molecule has 1 aliphatic carbocycles. The number of methoxy groups -OCH3 is 1. The van der Waals surface area contributed by atoms with Crippen molar-refractivity contribution in [3.63, 3.8) is 0 Å². The fourth-order valence-corrected chi connectivity index (χ4v) is 2.58. The van der Waals surface area contributed by atoms with Crippen LogP contribution in [0, 0.1) is 0 Å². The summed E-state index contributed by atoms with van der Waals surface area (Å²) in [7, 11) is 1.63. The van der Waals surface area contributed by atoms with E-state index >= 15 is 0 Å². The van der Waals surface area contributed by atoms with Gasteiger partial charge in [0.1, 0.15) is 5.76 Å². The zero-order valence-corrected chi connectivity index (χ0v) is 13.1. The lowest BCUT2D eigenvalue weighted by Crippen LogP contribution is -2.23. The predicted octanol–water partition coefficient (Wildman–Crippen LogP) is 4.29. The Morgan fingerprint density at radius 1 is 1.00 bits per heavy atom. The summed E-state index contributed by atoms with van der Waals surface area (Å²) < 4.78 is 5.21. The highest BCUT2D eigenvalue weighted by atomic mass is 16.5. The number of carbonyl (C=O) groups excluding carboxylic acids is 1. The third kappa shape index (κ3) is 3.69. The molecule has 0 aliphatic heterocycles. The van der Waals surface area contributed by atoms with E-state index in [1.54, 1.807) is 7.11 Å². The molecule has 0 spiro atoms. The highest BCUT2D eigenvalue weighted by molar-refractivity contribution is 5.95. The number of ether oxygens (including phenoxy) is 1. The molecule has 0 saturated carbocycles. The largest absolute Gasteiger partial charge is 0.497 e. The van der Waals surface area contributed by atoms with E-state index < -0.39 is 0 Å². The third-order valence-corrected chi connectivity index (χ3v) is 3.84. The third-order valence-electron chi connectivity index (χ3n) is 3.84. The van der Waals surface area contributed by atoms with Gasteiger partial charge < -0.3 is 10.1 Å². The van der Waals surface area contributed by atoms with Crippen molar-refractivity contribution in [2.24, 2.45) is 0 Å². The van der Waals surface area contributed by atoms with Crippen LogP contribution >= 0.6 is 0 Å². The molecule has 3 rings (SSSR count). The van der Waals surface area contributed by atoms with Gasteiger partial charge in [0.05, 0.1) is 7.11 Å². The zero-order valence-electron chi connectivity index (χ0n) is 13.1. The Hall–Kier alpha value is -2.81. The van der Waals surface area contributed by atoms with Crippen molar-refractivity contribution in [1.29, 1.82) is 0 Å². The second kappa shape index (κ2) is 6.97. The summed E-state index contributed by atoms with van der Waals surface area (Å²) in [6.45, 7) is 0. The van der Waals surface area contributed by atoms with Gasteiger partial charge in [-0.05, 0) is 48.3 Å². The average molecular weight is 305 g/mol. The molecule has 1 N–H and O–H groups in total. The fourth-order valence-electron chi connectivity index (χ4n) is 2.58. The Morgan fingerprint density at radius 2 is 1.70 bits per heavy atom. The van der Waals surface area contributed by atoms with Crippen molar-refractivity contribution in [3.05, 3.63) is 83.8 Å². The molecule has 0 heterocycles. The first-order valence-corrected chi connectivity index (χ1v) is 7.68. The lowest BCUT2D eigenvalue weighted by Gasteiger charge is -2.14. The second-order valence-corrected chi connectivity index (χ2v) is 5.42. The van der Waals surface area contributed by atoms with E-state index in [0.717, 1.165) is 35.4 Å². The van der Waals surface area contributed by atoms with Gasteiger partial charge in [-0.2, -0.15) is 0 Å². The topological polar surface area (TPSA) is 38.3 Å². The van der Waals surface area contributed by atoms with Gasteiger partial charge in [0.15, 0.2) is 0 Å². The van der Waals surface area contributed by atoms with Crippen LogP contribution in [0.3, 0.4) is 0 Å². The minimum absolute atomic E-state index is 0.0896. The smallest absolute Gasteiger partial charge is 0.255 e. The van der Waals surface area contributed by atoms with Gasteiger partial charge in [-0.15, -0.1) is 0 Å². The minimum atomic E-state index is -0.0896. The summed E-state index contributed by atoms with van der Waals surface area (Å²) in [6.07, 6.45) is 5.59. The SMILES string of the molecule is COC1=CCCC(NC(=O)c2ccc(-c3ccccc3)cc2)=C1. The number of amides is 1. The van der Waals surface area contributed by atoms with Crippen molar-refractivity contribution >= 4 is 5.91 Å². The molecule has 116 valence electrons. The fraction of sp³-hybridized carbons (Fsp3) is 0.150. The molecule has 0 atom stereocenters. The summed E-state index contributed by atoms with van der Waals surface area (Å²) >= 11 is 0. The van der Waals surface area contributed by atoms with Crippen molar-refractivity contribution in [1.82, 2.24) is 5.32 Å². The standard InChI is InChI=1S/C20H19NO2/c1-23-19-9-5-8-18(14-19)21-20(22)17-12-10-16(11-13-17)15-6-3-2-4-7-15/h2-4,6-7,9-14H,5,8H2,1H3,(H,21,22). The maximum absolute atomic E-state index is 12.3. The maximum Gasteiger partial charge on any atom is 0.255 e. The molecular formula is C20H19NO2. The Kier molecular flexibility index (Phi) is 4.57. The van der Waals surface area contributed by atoms with Crippen LogP contribution in [-0.4, -0.2) is 13.0 Å². The van der Waals surface area contributed by atoms with Crippen LogP contribution in [0.5, 0.6) is 0 Å². The molecule has 0 aromatic heterocycles. The zero-order chi connectivity index (χ0) is 16.1. The predicted molar refractivity (Wildman–Crippen MR) is 91.8 cm³/mol. The number of nitrogens with one attached hydrogen (secondary N) is 1. The number of allylic oxidation sites excluding steroid dienone is 3. The number of hydrogen-bond donors (Lipinski definition) is 1. The van der Waals surface area contributed by atoms with Crippen molar-refractivity contribution in [2.45, 2.75) is 12.8 Å². The van der Waals surface area contributed by atoms with Crippen molar-refractivity contribution in [3.8, 4) is 11.1 Å². The van der Waals surface area contributed by atoms with Crippen LogP contribution in [-0.2, 0) is 4.74 Å². The molecule has 2 aromatic carbocycles. The normalized spacial score (nSPS) is 13.8. The first-order valence-electron chi connectivity index (χ1n) is 7.68. The molecule has 1 aliphatic rings. The monoisotopic (exact) mass is 305 g/mol. The average Bonchev–Trinajstić information content (AvgIpc) is 2.63. The quantitative estimate of drug-likeness (QED) is 0.915. The molecule has 3 nitrogen and oxygen atoms in total. The molecule has 3 heteroatoms. The number of hydrogen-bond acceptors (Lipinski definition) is 2. The molecule has 0 radical (unpaired) electrons. The molecule has 1 amide bonds. The van der Waals surface area contributed by atoms with Crippen LogP contribution in [0.15, 0.2) is 78.2 Å². The van der Waals surface area contributed by atoms with E-state index in [9.17, 15) is 4.79 Å². The van der Waals surface area contributed by atoms with Gasteiger partial charge in [-0.1, -0.05) is 42.5 Å². The first-order chi connectivity index (χ1) is 11.3. The van der Waals surface area contributed by atoms with Gasteiger partial charge in [-0.3, -0.25) is 4.79 Å². The highest BCUT2D eigenvalue weighted by Gasteiger charge is 2.11. The number of carbonyl (C=O) groups is 1. The molecule has 0 fully saturated rings. The van der Waals surface area contributed by atoms with Gasteiger partial charge in [-0.25, -0.2) is 0 Å². The number of benzene rings is 2. The summed E-state index contributed by atoms with van der Waals surface area (Å²) in [4.78, 5) is 12.3. The molecule has 23 heavy (non-hydrogen) atoms. The Bertz CT molecular complexity index is 743. The lowest BCUT2D eigenvalue weighted by atomic mass is 10.0. The van der Waals surface area contributed by atoms with Gasteiger partial charge in [0.2, 0.25) is 0 Å². The van der Waals surface area contributed by atoms with Crippen LogP contribution in [0.25, 0.3) is 11.1 Å². The van der Waals surface area contributed by atoms with Crippen LogP contribution in [0.2, 0.25) is 0 Å². The van der Waals surface area contributed by atoms with E-state index in [1.165, 1.54) is 0 Å². The minimum Gasteiger partial charge on any atom is -0.497 e. The molecular weight excluding hydrogens is 286 g/mol.